The van der Waals surface area contributed by atoms with Gasteiger partial charge >= 0.3 is 0 Å². The zero-order valence-corrected chi connectivity index (χ0v) is 12.3. The van der Waals surface area contributed by atoms with Gasteiger partial charge in [-0.25, -0.2) is 4.39 Å². The number of ether oxygens (including phenoxy) is 1. The van der Waals surface area contributed by atoms with Crippen LogP contribution in [-0.4, -0.2) is 17.9 Å². The van der Waals surface area contributed by atoms with E-state index in [0.717, 1.165) is 12.8 Å². The van der Waals surface area contributed by atoms with Crippen LogP contribution in [-0.2, 0) is 9.59 Å². The second-order valence-electron chi connectivity index (χ2n) is 5.17. The van der Waals surface area contributed by atoms with Crippen molar-refractivity contribution in [3.05, 3.63) is 42.2 Å². The third-order valence-electron chi connectivity index (χ3n) is 3.44. The molecule has 5 nitrogen and oxygen atoms in total. The first-order valence-electron chi connectivity index (χ1n) is 7.23. The molecule has 0 saturated carbocycles. The van der Waals surface area contributed by atoms with Gasteiger partial charge in [0.25, 0.3) is 5.91 Å². The van der Waals surface area contributed by atoms with Gasteiger partial charge in [0.15, 0.2) is 6.10 Å². The van der Waals surface area contributed by atoms with E-state index in [0.29, 0.717) is 12.2 Å². The molecule has 0 fully saturated rings. The Kier molecular flexibility index (Phi) is 5.52. The van der Waals surface area contributed by atoms with Crippen LogP contribution >= 0.6 is 0 Å². The van der Waals surface area contributed by atoms with Crippen LogP contribution in [0.5, 0.6) is 5.75 Å². The van der Waals surface area contributed by atoms with Gasteiger partial charge in [0.1, 0.15) is 11.6 Å². The summed E-state index contributed by atoms with van der Waals surface area (Å²) in [6, 6.07) is 5.37. The molecule has 1 aliphatic rings. The van der Waals surface area contributed by atoms with Crippen molar-refractivity contribution < 1.29 is 18.7 Å². The van der Waals surface area contributed by atoms with Gasteiger partial charge < -0.3 is 4.74 Å². The summed E-state index contributed by atoms with van der Waals surface area (Å²) in [5, 5.41) is 0. The van der Waals surface area contributed by atoms with Crippen molar-refractivity contribution in [2.24, 2.45) is 5.92 Å². The largest absolute Gasteiger partial charge is 0.481 e. The Labute approximate surface area is 128 Å². The number of halogens is 1. The number of hydrogen-bond donors (Lipinski definition) is 2. The Morgan fingerprint density at radius 3 is 2.59 bits per heavy atom. The van der Waals surface area contributed by atoms with Gasteiger partial charge in [-0.1, -0.05) is 12.2 Å². The molecule has 0 heterocycles. The number of hydrogen-bond acceptors (Lipinski definition) is 3. The summed E-state index contributed by atoms with van der Waals surface area (Å²) in [5.74, 6) is -0.777. The molecule has 2 amide bonds. The molecular formula is C16H19FN2O3. The number of benzene rings is 1. The molecular weight excluding hydrogens is 287 g/mol. The topological polar surface area (TPSA) is 67.4 Å². The van der Waals surface area contributed by atoms with Crippen LogP contribution in [0.3, 0.4) is 0 Å². The second-order valence-corrected chi connectivity index (χ2v) is 5.17. The van der Waals surface area contributed by atoms with Crippen LogP contribution in [0.15, 0.2) is 36.4 Å². The molecule has 2 rings (SSSR count). The van der Waals surface area contributed by atoms with Crippen molar-refractivity contribution in [3.63, 3.8) is 0 Å². The molecule has 0 aliphatic heterocycles. The van der Waals surface area contributed by atoms with Gasteiger partial charge in [0, 0.05) is 5.92 Å². The van der Waals surface area contributed by atoms with Crippen molar-refractivity contribution >= 4 is 11.8 Å². The molecule has 1 aliphatic carbocycles. The minimum Gasteiger partial charge on any atom is -0.481 e. The van der Waals surface area contributed by atoms with Gasteiger partial charge in [-0.15, -0.1) is 0 Å². The minimum absolute atomic E-state index is 0.112. The highest BCUT2D eigenvalue weighted by atomic mass is 19.1. The van der Waals surface area contributed by atoms with E-state index in [-0.39, 0.29) is 17.6 Å². The minimum atomic E-state index is -0.808. The number of amides is 2. The van der Waals surface area contributed by atoms with Crippen LogP contribution < -0.4 is 15.6 Å². The predicted molar refractivity (Wildman–Crippen MR) is 79.3 cm³/mol. The molecule has 22 heavy (non-hydrogen) atoms. The molecule has 2 unspecified atom stereocenters. The fraction of sp³-hybridized carbons (Fsp3) is 0.375. The van der Waals surface area contributed by atoms with E-state index < -0.39 is 12.0 Å². The third-order valence-corrected chi connectivity index (χ3v) is 3.44. The molecule has 2 atom stereocenters. The van der Waals surface area contributed by atoms with Crippen molar-refractivity contribution in [2.75, 3.05) is 0 Å². The summed E-state index contributed by atoms with van der Waals surface area (Å²) in [7, 11) is 0. The van der Waals surface area contributed by atoms with E-state index in [1.165, 1.54) is 24.3 Å². The first kappa shape index (κ1) is 16.0. The number of hydrazine groups is 1. The summed E-state index contributed by atoms with van der Waals surface area (Å²) in [4.78, 5) is 23.7. The summed E-state index contributed by atoms with van der Waals surface area (Å²) in [6.07, 6.45) is 5.54. The molecule has 0 spiro atoms. The van der Waals surface area contributed by atoms with Gasteiger partial charge in [0.05, 0.1) is 0 Å². The fourth-order valence-corrected chi connectivity index (χ4v) is 2.13. The maximum atomic E-state index is 12.8. The molecule has 0 saturated heterocycles. The van der Waals surface area contributed by atoms with Gasteiger partial charge in [-0.3, -0.25) is 20.4 Å². The average molecular weight is 306 g/mol. The lowest BCUT2D eigenvalue weighted by molar-refractivity contribution is -0.134. The zero-order chi connectivity index (χ0) is 15.9. The maximum absolute atomic E-state index is 12.8. The summed E-state index contributed by atoms with van der Waals surface area (Å²) < 4.78 is 18.1. The van der Waals surface area contributed by atoms with E-state index in [1.54, 1.807) is 6.92 Å². The standard InChI is InChI=1S/C16H19FN2O3/c1-11(22-14-9-7-13(17)8-10-14)15(20)18-19-16(21)12-5-3-2-4-6-12/h2-3,7-12H,4-6H2,1H3,(H,18,20)(H,19,21). The van der Waals surface area contributed by atoms with Crippen LogP contribution in [0.1, 0.15) is 26.2 Å². The summed E-state index contributed by atoms with van der Waals surface area (Å²) in [5.41, 5.74) is 4.77. The third kappa shape index (κ3) is 4.58. The van der Waals surface area contributed by atoms with E-state index >= 15 is 0 Å². The predicted octanol–water partition coefficient (Wildman–Crippen LogP) is 2.10. The van der Waals surface area contributed by atoms with Gasteiger partial charge in [-0.2, -0.15) is 0 Å². The molecule has 2 N–H and O–H groups in total. The number of nitrogens with one attached hydrogen (secondary N) is 2. The maximum Gasteiger partial charge on any atom is 0.279 e. The van der Waals surface area contributed by atoms with Crippen LogP contribution in [0.4, 0.5) is 4.39 Å². The van der Waals surface area contributed by atoms with Crippen molar-refractivity contribution in [3.8, 4) is 5.75 Å². The SMILES string of the molecule is CC(Oc1ccc(F)cc1)C(=O)NNC(=O)C1CC=CCC1. The summed E-state index contributed by atoms with van der Waals surface area (Å²) >= 11 is 0. The molecule has 6 heteroatoms. The number of allylic oxidation sites excluding steroid dienone is 2. The first-order chi connectivity index (χ1) is 10.6. The van der Waals surface area contributed by atoms with Crippen molar-refractivity contribution in [1.82, 2.24) is 10.9 Å². The monoisotopic (exact) mass is 306 g/mol. The van der Waals surface area contributed by atoms with Crippen LogP contribution in [0.25, 0.3) is 0 Å². The quantitative estimate of drug-likeness (QED) is 0.661. The highest BCUT2D eigenvalue weighted by Gasteiger charge is 2.20. The molecule has 118 valence electrons. The second kappa shape index (κ2) is 7.59. The molecule has 0 bridgehead atoms. The molecule has 0 aromatic heterocycles. The van der Waals surface area contributed by atoms with E-state index in [9.17, 15) is 14.0 Å². The fourth-order valence-electron chi connectivity index (χ4n) is 2.13. The Balaban J connectivity index is 1.77. The Morgan fingerprint density at radius 2 is 1.95 bits per heavy atom. The Bertz CT molecular complexity index is 557. The molecule has 1 aromatic carbocycles. The van der Waals surface area contributed by atoms with Gasteiger partial charge in [0.2, 0.25) is 5.91 Å². The zero-order valence-electron chi connectivity index (χ0n) is 12.3. The van der Waals surface area contributed by atoms with Crippen molar-refractivity contribution in [2.45, 2.75) is 32.3 Å². The van der Waals surface area contributed by atoms with Crippen LogP contribution in [0, 0.1) is 11.7 Å². The van der Waals surface area contributed by atoms with E-state index in [1.807, 2.05) is 12.2 Å². The number of carbonyl (C=O) groups is 2. The van der Waals surface area contributed by atoms with Gasteiger partial charge in [-0.05, 0) is 50.5 Å². The lowest BCUT2D eigenvalue weighted by atomic mass is 9.94. The Hall–Kier alpha value is -2.37. The Morgan fingerprint density at radius 1 is 1.23 bits per heavy atom. The summed E-state index contributed by atoms with van der Waals surface area (Å²) in [6.45, 7) is 1.55. The highest BCUT2D eigenvalue weighted by Crippen LogP contribution is 2.17. The van der Waals surface area contributed by atoms with Crippen molar-refractivity contribution in [1.29, 1.82) is 0 Å². The van der Waals surface area contributed by atoms with E-state index in [2.05, 4.69) is 10.9 Å². The lowest BCUT2D eigenvalue weighted by Gasteiger charge is -2.19. The van der Waals surface area contributed by atoms with E-state index in [4.69, 9.17) is 4.74 Å². The average Bonchev–Trinajstić information content (AvgIpc) is 2.55. The molecule has 1 aromatic rings. The van der Waals surface area contributed by atoms with Crippen LogP contribution in [0.2, 0.25) is 0 Å². The normalized spacial score (nSPS) is 18.4. The first-order valence-corrected chi connectivity index (χ1v) is 7.23. The number of rotatable bonds is 4. The smallest absolute Gasteiger partial charge is 0.279 e. The number of carbonyl (C=O) groups excluding carboxylic acids is 2. The highest BCUT2D eigenvalue weighted by molar-refractivity contribution is 5.85. The molecule has 0 radical (unpaired) electrons. The lowest BCUT2D eigenvalue weighted by Crippen LogP contribution is -2.49.